The fraction of sp³-hybridized carbons (Fsp3) is 0.350. The Morgan fingerprint density at radius 3 is 2.48 bits per heavy atom. The van der Waals surface area contributed by atoms with Gasteiger partial charge < -0.3 is 4.74 Å². The van der Waals surface area contributed by atoms with E-state index in [9.17, 15) is 5.26 Å². The zero-order valence-corrected chi connectivity index (χ0v) is 13.1. The van der Waals surface area contributed by atoms with Gasteiger partial charge >= 0.3 is 0 Å². The summed E-state index contributed by atoms with van der Waals surface area (Å²) in [7, 11) is 0. The maximum absolute atomic E-state index is 9.39. The van der Waals surface area contributed by atoms with E-state index < -0.39 is 6.10 Å². The Bertz CT molecular complexity index is 727. The average molecular weight is 304 g/mol. The first kappa shape index (κ1) is 14.4. The summed E-state index contributed by atoms with van der Waals surface area (Å²) in [5.41, 5.74) is 3.38. The third-order valence-electron chi connectivity index (χ3n) is 5.11. The number of likely N-dealkylation sites (tertiary alicyclic amines) is 1. The Balaban J connectivity index is 1.50. The molecule has 1 atom stereocenters. The van der Waals surface area contributed by atoms with Crippen molar-refractivity contribution in [1.82, 2.24) is 4.90 Å². The Morgan fingerprint density at radius 1 is 1.04 bits per heavy atom. The molecule has 2 aliphatic heterocycles. The van der Waals surface area contributed by atoms with Crippen LogP contribution in [0.2, 0.25) is 0 Å². The van der Waals surface area contributed by atoms with Crippen LogP contribution >= 0.6 is 0 Å². The predicted octanol–water partition coefficient (Wildman–Crippen LogP) is 3.77. The van der Waals surface area contributed by atoms with E-state index >= 15 is 0 Å². The highest BCUT2D eigenvalue weighted by Crippen LogP contribution is 2.49. The van der Waals surface area contributed by atoms with Gasteiger partial charge in [0.25, 0.3) is 0 Å². The second-order valence-electron chi connectivity index (χ2n) is 6.47. The van der Waals surface area contributed by atoms with E-state index in [-0.39, 0.29) is 5.60 Å². The van der Waals surface area contributed by atoms with E-state index in [2.05, 4.69) is 53.4 Å². The summed E-state index contributed by atoms with van der Waals surface area (Å²) in [6.45, 7) is 2.99. The van der Waals surface area contributed by atoms with Crippen LogP contribution in [-0.4, -0.2) is 18.0 Å². The van der Waals surface area contributed by atoms with E-state index in [4.69, 9.17) is 4.74 Å². The van der Waals surface area contributed by atoms with Crippen molar-refractivity contribution in [1.29, 1.82) is 5.26 Å². The standard InChI is InChI=1S/C20H20N2O/c21-14-19-17-8-4-5-9-18(17)20(23-19)10-12-22(13-11-20)15-16-6-2-1-3-7-16/h1-9,19H,10-13,15H2/t19-/m1/s1. The maximum atomic E-state index is 9.39. The maximum Gasteiger partial charge on any atom is 0.170 e. The highest BCUT2D eigenvalue weighted by Gasteiger charge is 2.46. The first-order valence-electron chi connectivity index (χ1n) is 8.24. The Morgan fingerprint density at radius 2 is 1.74 bits per heavy atom. The van der Waals surface area contributed by atoms with Gasteiger partial charge in [0, 0.05) is 25.2 Å². The third kappa shape index (κ3) is 2.55. The molecule has 0 unspecified atom stereocenters. The van der Waals surface area contributed by atoms with Gasteiger partial charge in [-0.3, -0.25) is 4.90 Å². The number of rotatable bonds is 2. The number of ether oxygens (including phenoxy) is 1. The first-order valence-corrected chi connectivity index (χ1v) is 8.24. The molecule has 1 spiro atoms. The molecule has 0 aromatic heterocycles. The van der Waals surface area contributed by atoms with Gasteiger partial charge in [0.05, 0.1) is 11.7 Å². The van der Waals surface area contributed by atoms with Crippen molar-refractivity contribution in [2.45, 2.75) is 31.1 Å². The molecule has 2 aromatic rings. The molecule has 3 nitrogen and oxygen atoms in total. The zero-order valence-electron chi connectivity index (χ0n) is 13.1. The van der Waals surface area contributed by atoms with Crippen molar-refractivity contribution >= 4 is 0 Å². The second-order valence-corrected chi connectivity index (χ2v) is 6.47. The van der Waals surface area contributed by atoms with Crippen molar-refractivity contribution in [3.05, 3.63) is 71.3 Å². The molecule has 0 radical (unpaired) electrons. The van der Waals surface area contributed by atoms with Crippen LogP contribution in [0.5, 0.6) is 0 Å². The van der Waals surface area contributed by atoms with Crippen LogP contribution in [0.4, 0.5) is 0 Å². The number of nitriles is 1. The van der Waals surface area contributed by atoms with Crippen LogP contribution in [0.25, 0.3) is 0 Å². The quantitative estimate of drug-likeness (QED) is 0.847. The van der Waals surface area contributed by atoms with Crippen LogP contribution in [-0.2, 0) is 16.9 Å². The first-order chi connectivity index (χ1) is 11.3. The minimum Gasteiger partial charge on any atom is -0.347 e. The predicted molar refractivity (Wildman–Crippen MR) is 88.5 cm³/mol. The van der Waals surface area contributed by atoms with Crippen molar-refractivity contribution in [2.24, 2.45) is 0 Å². The lowest BCUT2D eigenvalue weighted by atomic mass is 9.83. The average Bonchev–Trinajstić information content (AvgIpc) is 2.92. The van der Waals surface area contributed by atoms with E-state index in [1.807, 2.05) is 12.1 Å². The zero-order chi connectivity index (χ0) is 15.7. The van der Waals surface area contributed by atoms with Crippen molar-refractivity contribution in [3.63, 3.8) is 0 Å². The minimum absolute atomic E-state index is 0.260. The van der Waals surface area contributed by atoms with Gasteiger partial charge in [0.15, 0.2) is 6.10 Å². The molecule has 116 valence electrons. The van der Waals surface area contributed by atoms with Gasteiger partial charge in [0.2, 0.25) is 0 Å². The van der Waals surface area contributed by atoms with Crippen molar-refractivity contribution < 1.29 is 4.74 Å². The van der Waals surface area contributed by atoms with Gasteiger partial charge in [-0.2, -0.15) is 5.26 Å². The van der Waals surface area contributed by atoms with Gasteiger partial charge in [-0.25, -0.2) is 0 Å². The van der Waals surface area contributed by atoms with Crippen molar-refractivity contribution in [3.8, 4) is 6.07 Å². The molecule has 0 aliphatic carbocycles. The van der Waals surface area contributed by atoms with E-state index in [1.54, 1.807) is 0 Å². The topological polar surface area (TPSA) is 36.3 Å². The summed E-state index contributed by atoms with van der Waals surface area (Å²) in [4.78, 5) is 2.48. The lowest BCUT2D eigenvalue weighted by molar-refractivity contribution is -0.0933. The van der Waals surface area contributed by atoms with Crippen molar-refractivity contribution in [2.75, 3.05) is 13.1 Å². The monoisotopic (exact) mass is 304 g/mol. The molecular weight excluding hydrogens is 284 g/mol. The molecule has 0 amide bonds. The molecule has 3 heteroatoms. The highest BCUT2D eigenvalue weighted by molar-refractivity contribution is 5.41. The number of benzene rings is 2. The largest absolute Gasteiger partial charge is 0.347 e. The lowest BCUT2D eigenvalue weighted by Crippen LogP contribution is -2.42. The Hall–Kier alpha value is -2.15. The van der Waals surface area contributed by atoms with Gasteiger partial charge in [-0.05, 0) is 24.0 Å². The smallest absolute Gasteiger partial charge is 0.170 e. The molecule has 2 aliphatic rings. The molecule has 4 rings (SSSR count). The SMILES string of the molecule is N#C[C@H]1OC2(CCN(Cc3ccccc3)CC2)c2ccccc21. The van der Waals surface area contributed by atoms with Crippen LogP contribution in [0.3, 0.4) is 0 Å². The van der Waals surface area contributed by atoms with E-state index in [0.29, 0.717) is 0 Å². The normalized spacial score (nSPS) is 22.7. The Kier molecular flexibility index (Phi) is 3.65. The van der Waals surface area contributed by atoms with Crippen LogP contribution in [0.1, 0.15) is 35.6 Å². The molecule has 1 saturated heterocycles. The molecule has 23 heavy (non-hydrogen) atoms. The van der Waals surface area contributed by atoms with Gasteiger partial charge in [0.1, 0.15) is 0 Å². The fourth-order valence-corrected chi connectivity index (χ4v) is 3.89. The summed E-state index contributed by atoms with van der Waals surface area (Å²) >= 11 is 0. The van der Waals surface area contributed by atoms with Gasteiger partial charge in [-0.15, -0.1) is 0 Å². The second kappa shape index (κ2) is 5.81. The highest BCUT2D eigenvalue weighted by atomic mass is 16.5. The van der Waals surface area contributed by atoms with Crippen LogP contribution in [0.15, 0.2) is 54.6 Å². The minimum atomic E-state index is -0.410. The fourth-order valence-electron chi connectivity index (χ4n) is 3.89. The summed E-state index contributed by atoms with van der Waals surface area (Å²) < 4.78 is 6.22. The van der Waals surface area contributed by atoms with Gasteiger partial charge in [-0.1, -0.05) is 54.6 Å². The third-order valence-corrected chi connectivity index (χ3v) is 5.11. The summed E-state index contributed by atoms with van der Waals surface area (Å²) in [6.07, 6.45) is 1.50. The Labute approximate surface area is 137 Å². The van der Waals surface area contributed by atoms with Crippen LogP contribution < -0.4 is 0 Å². The van der Waals surface area contributed by atoms with E-state index in [0.717, 1.165) is 38.0 Å². The number of hydrogen-bond donors (Lipinski definition) is 0. The number of piperidine rings is 1. The molecule has 0 bridgehead atoms. The summed E-state index contributed by atoms with van der Waals surface area (Å²) in [5, 5.41) is 9.39. The molecular formula is C20H20N2O. The molecule has 0 N–H and O–H groups in total. The number of fused-ring (bicyclic) bond motifs is 2. The van der Waals surface area contributed by atoms with E-state index in [1.165, 1.54) is 11.1 Å². The summed E-state index contributed by atoms with van der Waals surface area (Å²) in [5.74, 6) is 0. The van der Waals surface area contributed by atoms with Crippen LogP contribution in [0, 0.1) is 11.3 Å². The lowest BCUT2D eigenvalue weighted by Gasteiger charge is -2.39. The molecule has 2 heterocycles. The molecule has 0 saturated carbocycles. The summed E-state index contributed by atoms with van der Waals surface area (Å²) in [6, 6.07) is 21.1. The molecule has 2 aromatic carbocycles. The number of hydrogen-bond acceptors (Lipinski definition) is 3. The number of nitrogens with zero attached hydrogens (tertiary/aromatic N) is 2. The molecule has 1 fully saturated rings.